The van der Waals surface area contributed by atoms with Gasteiger partial charge < -0.3 is 9.15 Å². The first-order chi connectivity index (χ1) is 16.1. The van der Waals surface area contributed by atoms with E-state index in [2.05, 4.69) is 27.1 Å². The number of benzene rings is 2. The molecule has 3 aromatic heterocycles. The molecule has 3 heterocycles. The van der Waals surface area contributed by atoms with Crippen LogP contribution < -0.4 is 0 Å². The molecule has 1 aliphatic rings. The van der Waals surface area contributed by atoms with Crippen molar-refractivity contribution in [2.45, 2.75) is 25.4 Å². The molecule has 0 saturated heterocycles. The molecule has 6 rings (SSSR count). The lowest BCUT2D eigenvalue weighted by atomic mass is 10.0. The van der Waals surface area contributed by atoms with Crippen LogP contribution in [0.3, 0.4) is 0 Å². The van der Waals surface area contributed by atoms with Gasteiger partial charge in [0.2, 0.25) is 5.71 Å². The monoisotopic (exact) mass is 442 g/mol. The van der Waals surface area contributed by atoms with Crippen LogP contribution in [0.4, 0.5) is 4.39 Å². The molecule has 0 atom stereocenters. The van der Waals surface area contributed by atoms with Gasteiger partial charge in [-0.1, -0.05) is 30.3 Å². The molecule has 166 valence electrons. The van der Waals surface area contributed by atoms with Crippen molar-refractivity contribution in [3.63, 3.8) is 0 Å². The molecule has 33 heavy (non-hydrogen) atoms. The SMILES string of the molecule is COC1(C)CC1.Fc1ccc(-c2[nH]ncc2-c2ncnc3oc(-c4ccccc4)cc23)cc1. The summed E-state index contributed by atoms with van der Waals surface area (Å²) in [7, 11) is 1.77. The summed E-state index contributed by atoms with van der Waals surface area (Å²) in [6, 6.07) is 18.0. The zero-order valence-electron chi connectivity index (χ0n) is 18.4. The van der Waals surface area contributed by atoms with E-state index in [1.807, 2.05) is 36.4 Å². The number of nitrogens with one attached hydrogen (secondary N) is 1. The molecule has 0 bridgehead atoms. The summed E-state index contributed by atoms with van der Waals surface area (Å²) in [4.78, 5) is 8.71. The minimum absolute atomic E-state index is 0.286. The van der Waals surface area contributed by atoms with Gasteiger partial charge in [0.25, 0.3) is 0 Å². The van der Waals surface area contributed by atoms with Gasteiger partial charge >= 0.3 is 0 Å². The topological polar surface area (TPSA) is 76.8 Å². The second kappa shape index (κ2) is 8.60. The van der Waals surface area contributed by atoms with E-state index in [1.165, 1.54) is 31.3 Å². The van der Waals surface area contributed by atoms with Gasteiger partial charge in [0.15, 0.2) is 0 Å². The molecule has 0 unspecified atom stereocenters. The molecule has 5 aromatic rings. The molecule has 0 radical (unpaired) electrons. The van der Waals surface area contributed by atoms with Crippen LogP contribution >= 0.6 is 0 Å². The molecule has 0 aliphatic heterocycles. The number of furan rings is 1. The highest BCUT2D eigenvalue weighted by Gasteiger charge is 2.36. The van der Waals surface area contributed by atoms with Crippen molar-refractivity contribution >= 4 is 11.1 Å². The first kappa shape index (κ1) is 21.0. The van der Waals surface area contributed by atoms with E-state index >= 15 is 0 Å². The second-order valence-electron chi connectivity index (χ2n) is 8.24. The Hall–Kier alpha value is -3.84. The van der Waals surface area contributed by atoms with Gasteiger partial charge in [0.1, 0.15) is 17.9 Å². The molecular weight excluding hydrogens is 419 g/mol. The minimum atomic E-state index is -0.286. The number of hydrogen-bond donors (Lipinski definition) is 1. The van der Waals surface area contributed by atoms with E-state index in [9.17, 15) is 4.39 Å². The van der Waals surface area contributed by atoms with E-state index < -0.39 is 0 Å². The minimum Gasteiger partial charge on any atom is -0.438 e. The zero-order valence-corrected chi connectivity index (χ0v) is 18.4. The van der Waals surface area contributed by atoms with Gasteiger partial charge in [-0.3, -0.25) is 5.10 Å². The number of methoxy groups -OCH3 is 1. The molecule has 1 fully saturated rings. The molecule has 1 aliphatic carbocycles. The summed E-state index contributed by atoms with van der Waals surface area (Å²) in [5.74, 6) is 0.436. The van der Waals surface area contributed by atoms with Crippen LogP contribution in [0.25, 0.3) is 44.9 Å². The number of aromatic nitrogens is 4. The molecule has 1 N–H and O–H groups in total. The van der Waals surface area contributed by atoms with Gasteiger partial charge in [-0.25, -0.2) is 14.4 Å². The third kappa shape index (κ3) is 4.40. The Bertz CT molecular complexity index is 1370. The van der Waals surface area contributed by atoms with Crippen LogP contribution in [0.1, 0.15) is 19.8 Å². The number of nitrogens with zero attached hydrogens (tertiary/aromatic N) is 3. The molecule has 7 heteroatoms. The van der Waals surface area contributed by atoms with Gasteiger partial charge in [-0.05, 0) is 50.1 Å². The number of rotatable bonds is 4. The number of H-pyrrole nitrogens is 1. The van der Waals surface area contributed by atoms with E-state index in [0.717, 1.165) is 33.5 Å². The first-order valence-corrected chi connectivity index (χ1v) is 10.7. The van der Waals surface area contributed by atoms with Crippen LogP contribution in [0.5, 0.6) is 0 Å². The maximum atomic E-state index is 13.3. The predicted octanol–water partition coefficient (Wildman–Crippen LogP) is 6.27. The number of halogens is 1. The van der Waals surface area contributed by atoms with Gasteiger partial charge in [0, 0.05) is 23.8 Å². The van der Waals surface area contributed by atoms with E-state index in [4.69, 9.17) is 9.15 Å². The van der Waals surface area contributed by atoms with Gasteiger partial charge in [0.05, 0.1) is 28.6 Å². The number of ether oxygens (including phenoxy) is 1. The van der Waals surface area contributed by atoms with Crippen molar-refractivity contribution in [3.05, 3.63) is 79.0 Å². The van der Waals surface area contributed by atoms with Crippen LogP contribution in [-0.2, 0) is 4.74 Å². The molecule has 2 aromatic carbocycles. The lowest BCUT2D eigenvalue weighted by Gasteiger charge is -2.03. The smallest absolute Gasteiger partial charge is 0.230 e. The van der Waals surface area contributed by atoms with E-state index in [-0.39, 0.29) is 5.82 Å². The van der Waals surface area contributed by atoms with Gasteiger partial charge in [-0.2, -0.15) is 5.10 Å². The maximum Gasteiger partial charge on any atom is 0.230 e. The normalized spacial score (nSPS) is 14.0. The Labute approximate surface area is 190 Å². The Kier molecular flexibility index (Phi) is 5.48. The van der Waals surface area contributed by atoms with Crippen molar-refractivity contribution in [3.8, 4) is 33.8 Å². The standard InChI is InChI=1S/C21H13FN4O.C5H10O/c22-15-8-6-14(7-9-15)19-17(11-25-26-19)20-16-10-18(13-4-2-1-3-5-13)27-21(16)24-12-23-20;1-5(6-2)3-4-5/h1-12H,(H,25,26);3-4H2,1-2H3. The third-order valence-corrected chi connectivity index (χ3v) is 5.86. The quantitative estimate of drug-likeness (QED) is 0.355. The van der Waals surface area contributed by atoms with Crippen molar-refractivity contribution in [2.75, 3.05) is 7.11 Å². The highest BCUT2D eigenvalue weighted by molar-refractivity contribution is 5.95. The van der Waals surface area contributed by atoms with E-state index in [1.54, 1.807) is 25.4 Å². The van der Waals surface area contributed by atoms with Crippen LogP contribution in [-0.4, -0.2) is 32.9 Å². The van der Waals surface area contributed by atoms with Crippen LogP contribution in [0.2, 0.25) is 0 Å². The Morgan fingerprint density at radius 1 is 1.00 bits per heavy atom. The van der Waals surface area contributed by atoms with Gasteiger partial charge in [-0.15, -0.1) is 0 Å². The molecule has 6 nitrogen and oxygen atoms in total. The van der Waals surface area contributed by atoms with Crippen molar-refractivity contribution in [1.82, 2.24) is 20.2 Å². The number of fused-ring (bicyclic) bond motifs is 1. The van der Waals surface area contributed by atoms with Crippen LogP contribution in [0, 0.1) is 5.82 Å². The predicted molar refractivity (Wildman–Crippen MR) is 125 cm³/mol. The largest absolute Gasteiger partial charge is 0.438 e. The van der Waals surface area contributed by atoms with Crippen molar-refractivity contribution in [1.29, 1.82) is 0 Å². The molecule has 0 amide bonds. The Morgan fingerprint density at radius 2 is 1.76 bits per heavy atom. The highest BCUT2D eigenvalue weighted by atomic mass is 19.1. The molecular formula is C26H23FN4O2. The van der Waals surface area contributed by atoms with Crippen LogP contribution in [0.15, 0.2) is 77.6 Å². The number of aromatic amines is 1. The maximum absolute atomic E-state index is 13.3. The molecule has 1 saturated carbocycles. The first-order valence-electron chi connectivity index (χ1n) is 10.7. The fraction of sp³-hybridized carbons (Fsp3) is 0.192. The fourth-order valence-electron chi connectivity index (χ4n) is 3.50. The zero-order chi connectivity index (χ0) is 22.8. The number of hydrogen-bond acceptors (Lipinski definition) is 5. The molecule has 0 spiro atoms. The summed E-state index contributed by atoms with van der Waals surface area (Å²) in [6.45, 7) is 2.13. The second-order valence-corrected chi connectivity index (χ2v) is 8.24. The Morgan fingerprint density at radius 3 is 2.42 bits per heavy atom. The van der Waals surface area contributed by atoms with Crippen molar-refractivity contribution in [2.24, 2.45) is 0 Å². The third-order valence-electron chi connectivity index (χ3n) is 5.86. The fourth-order valence-corrected chi connectivity index (χ4v) is 3.50. The van der Waals surface area contributed by atoms with E-state index in [0.29, 0.717) is 17.0 Å². The summed E-state index contributed by atoms with van der Waals surface area (Å²) >= 11 is 0. The Balaban J connectivity index is 0.000000332. The lowest BCUT2D eigenvalue weighted by molar-refractivity contribution is 0.0969. The summed E-state index contributed by atoms with van der Waals surface area (Å²) in [6.07, 6.45) is 5.68. The summed E-state index contributed by atoms with van der Waals surface area (Å²) < 4.78 is 24.2. The van der Waals surface area contributed by atoms with Crippen molar-refractivity contribution < 1.29 is 13.5 Å². The average molecular weight is 442 g/mol. The lowest BCUT2D eigenvalue weighted by Crippen LogP contribution is -2.02. The summed E-state index contributed by atoms with van der Waals surface area (Å²) in [5.41, 5.74) is 4.85. The highest BCUT2D eigenvalue weighted by Crippen LogP contribution is 2.37. The summed E-state index contributed by atoms with van der Waals surface area (Å²) in [5, 5.41) is 7.93. The average Bonchev–Trinajstić information content (AvgIpc) is 3.24.